The Morgan fingerprint density at radius 3 is 2.93 bits per heavy atom. The molecule has 1 aromatic carbocycles. The second-order valence-corrected chi connectivity index (χ2v) is 4.80. The lowest BCUT2D eigenvalue weighted by Gasteiger charge is -2.25. The summed E-state index contributed by atoms with van der Waals surface area (Å²) in [6.07, 6.45) is 3.78. The molecule has 0 radical (unpaired) electrons. The predicted octanol–water partition coefficient (Wildman–Crippen LogP) is 3.27. The monoisotopic (exact) mass is 269 g/mol. The fourth-order valence-electron chi connectivity index (χ4n) is 2.09. The van der Waals surface area contributed by atoms with E-state index in [0.29, 0.717) is 6.04 Å². The summed E-state index contributed by atoms with van der Waals surface area (Å²) in [4.78, 5) is 0. The van der Waals surface area contributed by atoms with E-state index in [-0.39, 0.29) is 0 Å². The van der Waals surface area contributed by atoms with Crippen LogP contribution in [0, 0.1) is 0 Å². The van der Waals surface area contributed by atoms with Crippen LogP contribution in [-0.4, -0.2) is 13.7 Å². The molecule has 0 spiro atoms. The largest absolute Gasteiger partial charge is 0.496 e. The maximum absolute atomic E-state index is 5.39. The summed E-state index contributed by atoms with van der Waals surface area (Å²) in [6.45, 7) is 1.11. The number of piperidine rings is 1. The number of hydrogen-bond donors (Lipinski definition) is 1. The molecular formula is C12H16BrNO. The Kier molecular flexibility index (Phi) is 3.65. The molecular weight excluding hydrogens is 254 g/mol. The van der Waals surface area contributed by atoms with E-state index in [1.807, 2.05) is 12.1 Å². The van der Waals surface area contributed by atoms with Crippen LogP contribution < -0.4 is 10.1 Å². The predicted molar refractivity (Wildman–Crippen MR) is 65.3 cm³/mol. The third-order valence-corrected chi connectivity index (χ3v) is 3.37. The molecule has 15 heavy (non-hydrogen) atoms. The molecule has 1 heterocycles. The van der Waals surface area contributed by atoms with Gasteiger partial charge in [0.1, 0.15) is 5.75 Å². The lowest BCUT2D eigenvalue weighted by molar-refractivity contribution is 0.373. The highest BCUT2D eigenvalue weighted by Gasteiger charge is 2.18. The summed E-state index contributed by atoms with van der Waals surface area (Å²) < 4.78 is 6.51. The molecule has 1 fully saturated rings. The number of nitrogens with one attached hydrogen (secondary N) is 1. The van der Waals surface area contributed by atoms with Gasteiger partial charge in [0, 0.05) is 16.1 Å². The molecule has 82 valence electrons. The van der Waals surface area contributed by atoms with E-state index < -0.39 is 0 Å². The minimum atomic E-state index is 0.450. The van der Waals surface area contributed by atoms with Crippen molar-refractivity contribution in [1.29, 1.82) is 0 Å². The second kappa shape index (κ2) is 4.99. The fourth-order valence-corrected chi connectivity index (χ4v) is 2.47. The Hall–Kier alpha value is -0.540. The summed E-state index contributed by atoms with van der Waals surface area (Å²) in [7, 11) is 1.73. The molecule has 0 amide bonds. The third-order valence-electron chi connectivity index (χ3n) is 2.88. The Morgan fingerprint density at radius 1 is 1.40 bits per heavy atom. The van der Waals surface area contributed by atoms with Crippen molar-refractivity contribution in [2.75, 3.05) is 13.7 Å². The molecule has 2 rings (SSSR count). The first-order valence-electron chi connectivity index (χ1n) is 5.38. The van der Waals surface area contributed by atoms with Gasteiger partial charge in [-0.3, -0.25) is 0 Å². The smallest absolute Gasteiger partial charge is 0.123 e. The van der Waals surface area contributed by atoms with Crippen molar-refractivity contribution in [2.24, 2.45) is 0 Å². The van der Waals surface area contributed by atoms with Gasteiger partial charge in [-0.15, -0.1) is 0 Å². The van der Waals surface area contributed by atoms with Crippen LogP contribution in [0.2, 0.25) is 0 Å². The SMILES string of the molecule is COc1ccc(Br)cc1[C@@H]1CCCCN1. The van der Waals surface area contributed by atoms with Crippen LogP contribution in [-0.2, 0) is 0 Å². The molecule has 0 aliphatic carbocycles. The van der Waals surface area contributed by atoms with Crippen molar-refractivity contribution in [3.63, 3.8) is 0 Å². The lowest BCUT2D eigenvalue weighted by Crippen LogP contribution is -2.27. The third kappa shape index (κ3) is 2.52. The molecule has 1 aliphatic rings. The van der Waals surface area contributed by atoms with E-state index in [2.05, 4.69) is 27.3 Å². The van der Waals surface area contributed by atoms with Crippen LogP contribution in [0.4, 0.5) is 0 Å². The molecule has 0 saturated carbocycles. The highest BCUT2D eigenvalue weighted by Crippen LogP contribution is 2.32. The maximum atomic E-state index is 5.39. The zero-order chi connectivity index (χ0) is 10.7. The Labute approximate surface area is 99.1 Å². The lowest BCUT2D eigenvalue weighted by atomic mass is 9.97. The zero-order valence-electron chi connectivity index (χ0n) is 8.92. The summed E-state index contributed by atoms with van der Waals surface area (Å²) in [5.74, 6) is 0.984. The number of ether oxygens (including phenoxy) is 1. The van der Waals surface area contributed by atoms with Crippen LogP contribution in [0.5, 0.6) is 5.75 Å². The first kappa shape index (κ1) is 11.0. The fraction of sp³-hybridized carbons (Fsp3) is 0.500. The number of benzene rings is 1. The first-order chi connectivity index (χ1) is 7.31. The van der Waals surface area contributed by atoms with E-state index in [0.717, 1.165) is 16.8 Å². The quantitative estimate of drug-likeness (QED) is 0.890. The molecule has 2 nitrogen and oxygen atoms in total. The van der Waals surface area contributed by atoms with Gasteiger partial charge in [-0.1, -0.05) is 22.4 Å². The second-order valence-electron chi connectivity index (χ2n) is 3.89. The van der Waals surface area contributed by atoms with Gasteiger partial charge in [0.25, 0.3) is 0 Å². The topological polar surface area (TPSA) is 21.3 Å². The van der Waals surface area contributed by atoms with Crippen LogP contribution >= 0.6 is 15.9 Å². The van der Waals surface area contributed by atoms with Crippen molar-refractivity contribution in [2.45, 2.75) is 25.3 Å². The van der Waals surface area contributed by atoms with Crippen molar-refractivity contribution in [3.8, 4) is 5.75 Å². The minimum Gasteiger partial charge on any atom is -0.496 e. The molecule has 0 bridgehead atoms. The number of rotatable bonds is 2. The van der Waals surface area contributed by atoms with E-state index in [9.17, 15) is 0 Å². The molecule has 0 unspecified atom stereocenters. The molecule has 1 atom stereocenters. The van der Waals surface area contributed by atoms with Crippen molar-refractivity contribution >= 4 is 15.9 Å². The number of hydrogen-bond acceptors (Lipinski definition) is 2. The van der Waals surface area contributed by atoms with E-state index >= 15 is 0 Å². The van der Waals surface area contributed by atoms with E-state index in [1.165, 1.54) is 24.8 Å². The van der Waals surface area contributed by atoms with E-state index in [4.69, 9.17) is 4.74 Å². The van der Waals surface area contributed by atoms with Crippen LogP contribution in [0.15, 0.2) is 22.7 Å². The number of methoxy groups -OCH3 is 1. The Bertz CT molecular complexity index is 334. The van der Waals surface area contributed by atoms with Gasteiger partial charge in [0.2, 0.25) is 0 Å². The van der Waals surface area contributed by atoms with Crippen molar-refractivity contribution in [1.82, 2.24) is 5.32 Å². The van der Waals surface area contributed by atoms with Gasteiger partial charge in [-0.05, 0) is 37.6 Å². The Balaban J connectivity index is 2.27. The van der Waals surface area contributed by atoms with Gasteiger partial charge in [0.05, 0.1) is 7.11 Å². The number of halogens is 1. The normalized spacial score (nSPS) is 21.3. The summed E-state index contributed by atoms with van der Waals surface area (Å²) in [5, 5.41) is 3.54. The molecule has 1 N–H and O–H groups in total. The van der Waals surface area contributed by atoms with Crippen molar-refractivity contribution in [3.05, 3.63) is 28.2 Å². The minimum absolute atomic E-state index is 0.450. The van der Waals surface area contributed by atoms with Gasteiger partial charge >= 0.3 is 0 Å². The first-order valence-corrected chi connectivity index (χ1v) is 6.17. The van der Waals surface area contributed by atoms with E-state index in [1.54, 1.807) is 7.11 Å². The zero-order valence-corrected chi connectivity index (χ0v) is 10.5. The standard InChI is InChI=1S/C12H16BrNO/c1-15-12-6-5-9(13)8-10(12)11-4-2-3-7-14-11/h5-6,8,11,14H,2-4,7H2,1H3/t11-/m0/s1. The summed E-state index contributed by atoms with van der Waals surface area (Å²) in [6, 6.07) is 6.65. The summed E-state index contributed by atoms with van der Waals surface area (Å²) in [5.41, 5.74) is 1.27. The van der Waals surface area contributed by atoms with Crippen molar-refractivity contribution < 1.29 is 4.74 Å². The van der Waals surface area contributed by atoms with Crippen LogP contribution in [0.25, 0.3) is 0 Å². The molecule has 1 saturated heterocycles. The van der Waals surface area contributed by atoms with Crippen LogP contribution in [0.1, 0.15) is 30.9 Å². The molecule has 1 aromatic rings. The van der Waals surface area contributed by atoms with Gasteiger partial charge in [0.15, 0.2) is 0 Å². The molecule has 0 aromatic heterocycles. The highest BCUT2D eigenvalue weighted by molar-refractivity contribution is 9.10. The van der Waals surface area contributed by atoms with Gasteiger partial charge in [-0.2, -0.15) is 0 Å². The highest BCUT2D eigenvalue weighted by atomic mass is 79.9. The van der Waals surface area contributed by atoms with Gasteiger partial charge < -0.3 is 10.1 Å². The Morgan fingerprint density at radius 2 is 2.27 bits per heavy atom. The van der Waals surface area contributed by atoms with Crippen LogP contribution in [0.3, 0.4) is 0 Å². The molecule has 1 aliphatic heterocycles. The average Bonchev–Trinajstić information content (AvgIpc) is 2.30. The average molecular weight is 270 g/mol. The maximum Gasteiger partial charge on any atom is 0.123 e. The summed E-state index contributed by atoms with van der Waals surface area (Å²) >= 11 is 3.51. The molecule has 3 heteroatoms. The van der Waals surface area contributed by atoms with Gasteiger partial charge in [-0.25, -0.2) is 0 Å².